The average Bonchev–Trinajstić information content (AvgIpc) is 3.75. The minimum atomic E-state index is -5.08. The summed E-state index contributed by atoms with van der Waals surface area (Å²) in [5, 5.41) is 0. The smallest absolute Gasteiger partial charge is 0.271 e. The molecule has 198 valence electrons. The van der Waals surface area contributed by atoms with Gasteiger partial charge in [0, 0.05) is 36.7 Å². The van der Waals surface area contributed by atoms with Crippen molar-refractivity contribution in [3.8, 4) is 0 Å². The van der Waals surface area contributed by atoms with E-state index in [1.165, 1.54) is 17.2 Å². The van der Waals surface area contributed by atoms with Gasteiger partial charge in [0.05, 0.1) is 20.9 Å². The number of nitroso groups, excluding NO2 is 1. The molecule has 4 atom stereocenters. The number of aromatic nitrogens is 1. The number of hydrogen-bond acceptors (Lipinski definition) is 5. The molecule has 14 heteroatoms. The molecule has 2 heterocycles. The highest BCUT2D eigenvalue weighted by Crippen LogP contribution is 2.49. The quantitative estimate of drug-likeness (QED) is 0.323. The molecule has 8 nitrogen and oxygen atoms in total. The third kappa shape index (κ3) is 4.90. The van der Waals surface area contributed by atoms with Crippen LogP contribution in [0.2, 0.25) is 0 Å². The fourth-order valence-electron chi connectivity index (χ4n) is 4.91. The van der Waals surface area contributed by atoms with Crippen LogP contribution in [0.15, 0.2) is 35.5 Å². The Kier molecular flexibility index (Phi) is 6.00. The molecule has 5 rings (SSSR count). The second kappa shape index (κ2) is 8.71. The number of carbonyl (C=O) groups is 1. The molecule has 0 spiro atoms. The summed E-state index contributed by atoms with van der Waals surface area (Å²) in [4.78, 5) is 31.9. The predicted molar refractivity (Wildman–Crippen MR) is 117 cm³/mol. The number of piperidine rings is 1. The summed E-state index contributed by atoms with van der Waals surface area (Å²) < 4.78 is 91.6. The third-order valence-electron chi connectivity index (χ3n) is 7.06. The summed E-state index contributed by atoms with van der Waals surface area (Å²) in [6.07, 6.45) is -0.808. The molecule has 0 unspecified atom stereocenters. The Bertz CT molecular complexity index is 1400. The van der Waals surface area contributed by atoms with Crippen LogP contribution >= 0.6 is 0 Å². The van der Waals surface area contributed by atoms with Crippen molar-refractivity contribution >= 4 is 15.7 Å². The van der Waals surface area contributed by atoms with E-state index in [0.717, 1.165) is 12.5 Å². The highest BCUT2D eigenvalue weighted by molar-refractivity contribution is 7.90. The topological polar surface area (TPSA) is 99.4 Å². The third-order valence-corrected chi connectivity index (χ3v) is 8.14. The van der Waals surface area contributed by atoms with Crippen LogP contribution in [0, 0.1) is 28.4 Å². The number of benzene rings is 1. The number of amides is 1. The maximum Gasteiger partial charge on any atom is 0.419 e. The van der Waals surface area contributed by atoms with Gasteiger partial charge in [0.1, 0.15) is 22.5 Å². The molecule has 2 aliphatic carbocycles. The summed E-state index contributed by atoms with van der Waals surface area (Å²) in [7, 11) is -3.64. The largest absolute Gasteiger partial charge is 0.419 e. The van der Waals surface area contributed by atoms with E-state index in [4.69, 9.17) is 0 Å². The van der Waals surface area contributed by atoms with Gasteiger partial charge in [0.25, 0.3) is 5.91 Å². The van der Waals surface area contributed by atoms with E-state index in [-0.39, 0.29) is 40.8 Å². The summed E-state index contributed by atoms with van der Waals surface area (Å²) in [6.45, 7) is 0. The average molecular weight is 546 g/mol. The molecule has 1 aliphatic heterocycles. The highest BCUT2D eigenvalue weighted by Gasteiger charge is 2.61. The molecule has 1 N–H and O–H groups in total. The Morgan fingerprint density at radius 2 is 1.84 bits per heavy atom. The zero-order valence-corrected chi connectivity index (χ0v) is 20.2. The van der Waals surface area contributed by atoms with Gasteiger partial charge < -0.3 is 0 Å². The second-order valence-corrected chi connectivity index (χ2v) is 11.8. The number of pyridine rings is 1. The van der Waals surface area contributed by atoms with E-state index in [0.29, 0.717) is 30.2 Å². The zero-order valence-electron chi connectivity index (χ0n) is 19.4. The molecule has 1 saturated heterocycles. The summed E-state index contributed by atoms with van der Waals surface area (Å²) >= 11 is 0. The SMILES string of the molecule is CS(=O)(=O)c1cncc(C(=O)N2[C@@H]3C[C@@H]3C[C@@H]2[N+](=O)N[C@@H](c2cc(F)c(C(F)(F)F)cc2F)C2CC2)c1. The Balaban J connectivity index is 1.40. The number of rotatable bonds is 7. The van der Waals surface area contributed by atoms with E-state index in [1.54, 1.807) is 0 Å². The fourth-order valence-corrected chi connectivity index (χ4v) is 5.51. The van der Waals surface area contributed by atoms with Gasteiger partial charge in [0.2, 0.25) is 0 Å². The van der Waals surface area contributed by atoms with Gasteiger partial charge in [0.15, 0.2) is 9.84 Å². The van der Waals surface area contributed by atoms with Crippen LogP contribution in [0.1, 0.15) is 53.2 Å². The first-order chi connectivity index (χ1) is 17.3. The van der Waals surface area contributed by atoms with Crippen molar-refractivity contribution in [2.45, 2.75) is 55.0 Å². The zero-order chi connectivity index (χ0) is 26.9. The molecule has 2 aromatic rings. The van der Waals surface area contributed by atoms with Gasteiger partial charge in [-0.05, 0) is 49.3 Å². The second-order valence-electron chi connectivity index (χ2n) is 9.79. The minimum absolute atomic E-state index is 0.0246. The first-order valence-corrected chi connectivity index (χ1v) is 13.4. The van der Waals surface area contributed by atoms with Crippen molar-refractivity contribution in [1.29, 1.82) is 0 Å². The first-order valence-electron chi connectivity index (χ1n) is 11.5. The normalized spacial score (nSPS) is 23.9. The van der Waals surface area contributed by atoms with Gasteiger partial charge in [-0.25, -0.2) is 17.2 Å². The number of alkyl halides is 3. The number of carbonyl (C=O) groups excluding carboxylic acids is 1. The molecule has 0 bridgehead atoms. The summed E-state index contributed by atoms with van der Waals surface area (Å²) in [6, 6.07) is 0.363. The Hall–Kier alpha value is -3.16. The number of hydrogen-bond donors (Lipinski definition) is 1. The van der Waals surface area contributed by atoms with Gasteiger partial charge in [-0.15, -0.1) is 5.43 Å². The van der Waals surface area contributed by atoms with E-state index in [2.05, 4.69) is 10.4 Å². The molecule has 1 amide bonds. The standard InChI is InChI=1S/C23H22F5N4O4S/c1-37(35,36)14-4-13(9-29-10-14)22(33)31-19-5-12(19)6-20(31)32(34)30-21(11-2-3-11)15-7-18(25)16(8-17(15)24)23(26,27)28/h4,7-12,19-21H,2-3,5-6H2,1H3,(H,30,34)/q+1/t12-,19-,20+,21-/m1/s1. The number of sulfone groups is 1. The molecular formula is C23H22F5N4O4S+. The van der Waals surface area contributed by atoms with Gasteiger partial charge in [-0.3, -0.25) is 14.7 Å². The van der Waals surface area contributed by atoms with E-state index in [1.807, 2.05) is 0 Å². The number of nitrogens with zero attached hydrogens (tertiary/aromatic N) is 3. The summed E-state index contributed by atoms with van der Waals surface area (Å²) in [5.74, 6) is -3.82. The van der Waals surface area contributed by atoms with Crippen LogP contribution in [-0.2, 0) is 16.0 Å². The van der Waals surface area contributed by atoms with Crippen molar-refractivity contribution in [3.63, 3.8) is 0 Å². The van der Waals surface area contributed by atoms with Gasteiger partial charge in [-0.2, -0.15) is 13.2 Å². The van der Waals surface area contributed by atoms with Crippen LogP contribution < -0.4 is 5.43 Å². The number of nitrogens with one attached hydrogen (secondary N) is 1. The monoisotopic (exact) mass is 545 g/mol. The lowest BCUT2D eigenvalue weighted by molar-refractivity contribution is -0.662. The Morgan fingerprint density at radius 1 is 1.14 bits per heavy atom. The van der Waals surface area contributed by atoms with Gasteiger partial charge in [-0.1, -0.05) is 0 Å². The molecule has 0 radical (unpaired) electrons. The maximum atomic E-state index is 14.7. The van der Waals surface area contributed by atoms with E-state index >= 15 is 0 Å². The Labute approximate surface area is 208 Å². The van der Waals surface area contributed by atoms with Crippen molar-refractivity contribution in [2.75, 3.05) is 6.26 Å². The Morgan fingerprint density at radius 3 is 2.46 bits per heavy atom. The van der Waals surface area contributed by atoms with E-state index in [9.17, 15) is 40.1 Å². The van der Waals surface area contributed by atoms with Crippen molar-refractivity contribution in [2.24, 2.45) is 11.8 Å². The molecule has 1 aromatic carbocycles. The number of fused-ring (bicyclic) bond motifs is 1. The fraction of sp³-hybridized carbons (Fsp3) is 0.478. The highest BCUT2D eigenvalue weighted by atomic mass is 32.2. The van der Waals surface area contributed by atoms with Crippen LogP contribution in [0.3, 0.4) is 0 Å². The van der Waals surface area contributed by atoms with Crippen molar-refractivity contribution in [3.05, 3.63) is 63.8 Å². The van der Waals surface area contributed by atoms with Crippen LogP contribution in [0.25, 0.3) is 0 Å². The first kappa shape index (κ1) is 25.5. The summed E-state index contributed by atoms with van der Waals surface area (Å²) in [5.41, 5.74) is 0.397. The lowest BCUT2D eigenvalue weighted by Crippen LogP contribution is -2.49. The number of hydrazine groups is 1. The molecular weight excluding hydrogens is 523 g/mol. The van der Waals surface area contributed by atoms with E-state index < -0.39 is 56.9 Å². The lowest BCUT2D eigenvalue weighted by Gasteiger charge is -2.23. The van der Waals surface area contributed by atoms with Crippen LogP contribution in [0.5, 0.6) is 0 Å². The molecule has 1 aromatic heterocycles. The van der Waals surface area contributed by atoms with Gasteiger partial charge >= 0.3 is 12.3 Å². The maximum absolute atomic E-state index is 14.7. The van der Waals surface area contributed by atoms with Crippen LogP contribution in [-0.4, -0.2) is 47.5 Å². The molecule has 3 fully saturated rings. The molecule has 2 saturated carbocycles. The van der Waals surface area contributed by atoms with Crippen LogP contribution in [0.4, 0.5) is 22.0 Å². The van der Waals surface area contributed by atoms with Crippen molar-refractivity contribution < 1.29 is 40.0 Å². The lowest BCUT2D eigenvalue weighted by atomic mass is 10.00. The predicted octanol–water partition coefficient (Wildman–Crippen LogP) is 3.78. The molecule has 37 heavy (non-hydrogen) atoms. The number of likely N-dealkylation sites (tertiary alicyclic amines) is 1. The minimum Gasteiger partial charge on any atom is -0.271 e. The molecule has 3 aliphatic rings. The number of halogens is 5. The van der Waals surface area contributed by atoms with Crippen molar-refractivity contribution in [1.82, 2.24) is 15.3 Å².